The third-order valence-corrected chi connectivity index (χ3v) is 3.83. The molecule has 2 heterocycles. The number of halogens is 1. The molecule has 24 heavy (non-hydrogen) atoms. The van der Waals surface area contributed by atoms with Crippen molar-refractivity contribution in [3.63, 3.8) is 0 Å². The molecule has 2 atom stereocenters. The van der Waals surface area contributed by atoms with E-state index in [2.05, 4.69) is 16.0 Å². The average Bonchev–Trinajstić information content (AvgIpc) is 2.73. The van der Waals surface area contributed by atoms with E-state index in [-0.39, 0.29) is 23.4 Å². The van der Waals surface area contributed by atoms with Gasteiger partial charge in [-0.15, -0.1) is 0 Å². The first-order valence-corrected chi connectivity index (χ1v) is 6.94. The van der Waals surface area contributed by atoms with Crippen molar-refractivity contribution in [2.24, 2.45) is 5.73 Å². The van der Waals surface area contributed by atoms with Crippen molar-refractivity contribution in [2.45, 2.75) is 25.0 Å². The fourth-order valence-electron chi connectivity index (χ4n) is 2.88. The van der Waals surface area contributed by atoms with Gasteiger partial charge in [0.05, 0.1) is 5.69 Å². The van der Waals surface area contributed by atoms with Gasteiger partial charge in [0.1, 0.15) is 11.6 Å². The van der Waals surface area contributed by atoms with Crippen LogP contribution in [0.25, 0.3) is 0 Å². The zero-order chi connectivity index (χ0) is 17.6. The summed E-state index contributed by atoms with van der Waals surface area (Å²) in [4.78, 5) is 46.8. The summed E-state index contributed by atoms with van der Waals surface area (Å²) in [6.45, 7) is 1.20. The minimum Gasteiger partial charge on any atom is -0.478 e. The number of hydrogen-bond donors (Lipinski definition) is 4. The Balaban J connectivity index is 2.23. The fraction of sp³-hybridized carbons (Fsp3) is 0.286. The van der Waals surface area contributed by atoms with Gasteiger partial charge in [0, 0.05) is 25.0 Å². The zero-order valence-electron chi connectivity index (χ0n) is 12.4. The molecule has 1 spiro atoms. The van der Waals surface area contributed by atoms with Crippen LogP contribution in [-0.4, -0.2) is 29.9 Å². The fourth-order valence-corrected chi connectivity index (χ4v) is 2.88. The number of nitrogens with one attached hydrogen (secondary N) is 3. The van der Waals surface area contributed by atoms with E-state index < -0.39 is 41.2 Å². The second-order valence-corrected chi connectivity index (χ2v) is 5.54. The van der Waals surface area contributed by atoms with E-state index in [1.165, 1.54) is 6.92 Å². The number of amides is 5. The number of hydrogen-bond acceptors (Lipinski definition) is 5. The molecule has 1 aromatic rings. The Morgan fingerprint density at radius 1 is 1.42 bits per heavy atom. The van der Waals surface area contributed by atoms with E-state index in [1.54, 1.807) is 0 Å². The second-order valence-electron chi connectivity index (χ2n) is 5.54. The SMILES string of the molecule is CC(=O)Nc1cc(F)cc2c1OC(C(N)=O)CC21NC(=O)NC1=O. The molecule has 9 nitrogen and oxygen atoms in total. The molecular weight excluding hydrogens is 323 g/mol. The summed E-state index contributed by atoms with van der Waals surface area (Å²) in [7, 11) is 0. The maximum absolute atomic E-state index is 14.0. The van der Waals surface area contributed by atoms with Crippen molar-refractivity contribution in [1.82, 2.24) is 10.6 Å². The Bertz CT molecular complexity index is 796. The van der Waals surface area contributed by atoms with E-state index in [4.69, 9.17) is 10.5 Å². The second kappa shape index (κ2) is 5.18. The highest BCUT2D eigenvalue weighted by Gasteiger charge is 2.55. The first kappa shape index (κ1) is 15.7. The Kier molecular flexibility index (Phi) is 3.39. The topological polar surface area (TPSA) is 140 Å². The molecule has 1 aromatic carbocycles. The van der Waals surface area contributed by atoms with E-state index in [0.29, 0.717) is 0 Å². The summed E-state index contributed by atoms with van der Waals surface area (Å²) in [5.41, 5.74) is 3.48. The van der Waals surface area contributed by atoms with Crippen LogP contribution < -0.4 is 26.4 Å². The van der Waals surface area contributed by atoms with Crippen LogP contribution >= 0.6 is 0 Å². The number of carbonyl (C=O) groups is 4. The average molecular weight is 336 g/mol. The van der Waals surface area contributed by atoms with Crippen LogP contribution in [0.3, 0.4) is 0 Å². The van der Waals surface area contributed by atoms with Gasteiger partial charge in [-0.2, -0.15) is 0 Å². The minimum atomic E-state index is -1.71. The summed E-state index contributed by atoms with van der Waals surface area (Å²) < 4.78 is 19.4. The number of fused-ring (bicyclic) bond motifs is 2. The van der Waals surface area contributed by atoms with Gasteiger partial charge < -0.3 is 21.1 Å². The Morgan fingerprint density at radius 2 is 2.12 bits per heavy atom. The third kappa shape index (κ3) is 2.32. The normalized spacial score (nSPS) is 24.7. The Hall–Kier alpha value is -3.17. The number of carbonyl (C=O) groups excluding carboxylic acids is 4. The Labute approximate surface area is 134 Å². The quantitative estimate of drug-likeness (QED) is 0.537. The molecule has 1 fully saturated rings. The van der Waals surface area contributed by atoms with Crippen molar-refractivity contribution < 1.29 is 28.3 Å². The molecule has 3 rings (SSSR count). The molecule has 0 aliphatic carbocycles. The van der Waals surface area contributed by atoms with Gasteiger partial charge in [-0.25, -0.2) is 9.18 Å². The lowest BCUT2D eigenvalue weighted by Gasteiger charge is -2.37. The first-order valence-electron chi connectivity index (χ1n) is 6.94. The number of primary amides is 1. The van der Waals surface area contributed by atoms with Gasteiger partial charge in [0.15, 0.2) is 11.6 Å². The Morgan fingerprint density at radius 3 is 2.67 bits per heavy atom. The number of urea groups is 1. The summed E-state index contributed by atoms with van der Waals surface area (Å²) in [5, 5.41) is 6.82. The number of rotatable bonds is 2. The zero-order valence-corrected chi connectivity index (χ0v) is 12.4. The maximum atomic E-state index is 14.0. The van der Waals surface area contributed by atoms with Crippen LogP contribution in [0.5, 0.6) is 5.75 Å². The number of benzene rings is 1. The van der Waals surface area contributed by atoms with Crippen molar-refractivity contribution in [2.75, 3.05) is 5.32 Å². The highest BCUT2D eigenvalue weighted by atomic mass is 19.1. The van der Waals surface area contributed by atoms with E-state index in [9.17, 15) is 23.6 Å². The van der Waals surface area contributed by atoms with Crippen LogP contribution in [0.4, 0.5) is 14.9 Å². The van der Waals surface area contributed by atoms with Crippen molar-refractivity contribution in [1.29, 1.82) is 0 Å². The van der Waals surface area contributed by atoms with Crippen LogP contribution in [0.1, 0.15) is 18.9 Å². The van der Waals surface area contributed by atoms with Crippen LogP contribution in [-0.2, 0) is 19.9 Å². The van der Waals surface area contributed by atoms with Crippen molar-refractivity contribution in [3.05, 3.63) is 23.5 Å². The van der Waals surface area contributed by atoms with E-state index in [1.807, 2.05) is 0 Å². The maximum Gasteiger partial charge on any atom is 0.322 e. The van der Waals surface area contributed by atoms with Gasteiger partial charge >= 0.3 is 6.03 Å². The third-order valence-electron chi connectivity index (χ3n) is 3.83. The van der Waals surface area contributed by atoms with E-state index >= 15 is 0 Å². The number of imide groups is 1. The van der Waals surface area contributed by atoms with Crippen molar-refractivity contribution >= 4 is 29.4 Å². The molecule has 126 valence electrons. The molecule has 0 radical (unpaired) electrons. The van der Waals surface area contributed by atoms with Gasteiger partial charge in [-0.05, 0) is 6.07 Å². The lowest BCUT2D eigenvalue weighted by atomic mass is 9.81. The molecule has 5 amide bonds. The highest BCUT2D eigenvalue weighted by Crippen LogP contribution is 2.45. The first-order chi connectivity index (χ1) is 11.2. The van der Waals surface area contributed by atoms with Gasteiger partial charge in [-0.1, -0.05) is 0 Å². The molecule has 0 bridgehead atoms. The standard InChI is InChI=1S/C14H13FN4O5/c1-5(20)17-8-3-6(15)2-7-10(8)24-9(11(16)21)4-14(7)12(22)18-13(23)19-14/h2-3,9H,4H2,1H3,(H2,16,21)(H,17,20)(H2,18,19,22,23). The largest absolute Gasteiger partial charge is 0.478 e. The molecular formula is C14H13FN4O5. The summed E-state index contributed by atoms with van der Waals surface area (Å²) in [6, 6.07) is 1.19. The molecule has 1 saturated heterocycles. The van der Waals surface area contributed by atoms with Gasteiger partial charge in [0.25, 0.3) is 11.8 Å². The molecule has 10 heteroatoms. The molecule has 2 unspecified atom stereocenters. The molecule has 0 saturated carbocycles. The van der Waals surface area contributed by atoms with E-state index in [0.717, 1.165) is 12.1 Å². The smallest absolute Gasteiger partial charge is 0.322 e. The monoisotopic (exact) mass is 336 g/mol. The van der Waals surface area contributed by atoms with Crippen molar-refractivity contribution in [3.8, 4) is 5.75 Å². The number of anilines is 1. The number of nitrogens with two attached hydrogens (primary N) is 1. The summed E-state index contributed by atoms with van der Waals surface area (Å²) in [6.07, 6.45) is -1.55. The minimum absolute atomic E-state index is 0.00731. The highest BCUT2D eigenvalue weighted by molar-refractivity contribution is 6.08. The molecule has 2 aliphatic rings. The summed E-state index contributed by atoms with van der Waals surface area (Å²) >= 11 is 0. The molecule has 0 aromatic heterocycles. The molecule has 2 aliphatic heterocycles. The van der Waals surface area contributed by atoms with Gasteiger partial charge in [0.2, 0.25) is 5.91 Å². The van der Waals surface area contributed by atoms with Crippen LogP contribution in [0.2, 0.25) is 0 Å². The molecule has 5 N–H and O–H groups in total. The predicted octanol–water partition coefficient (Wildman–Crippen LogP) is -0.545. The predicted molar refractivity (Wildman–Crippen MR) is 77.3 cm³/mol. The number of ether oxygens (including phenoxy) is 1. The van der Waals surface area contributed by atoms with Crippen LogP contribution in [0.15, 0.2) is 12.1 Å². The lowest BCUT2D eigenvalue weighted by molar-refractivity contribution is -0.130. The lowest BCUT2D eigenvalue weighted by Crippen LogP contribution is -2.53. The van der Waals surface area contributed by atoms with Crippen LogP contribution in [0, 0.1) is 5.82 Å². The summed E-state index contributed by atoms with van der Waals surface area (Å²) in [5.74, 6) is -3.00. The van der Waals surface area contributed by atoms with Gasteiger partial charge in [-0.3, -0.25) is 19.7 Å².